The summed E-state index contributed by atoms with van der Waals surface area (Å²) in [6, 6.07) is 30.8. The molecule has 0 amide bonds. The second-order valence-electron chi connectivity index (χ2n) is 8.38. The van der Waals surface area contributed by atoms with Crippen molar-refractivity contribution in [2.45, 2.75) is 12.8 Å². The molecule has 4 aromatic carbocycles. The minimum absolute atomic E-state index is 0.0200. The number of carbonyl (C=O) groups excluding carboxylic acids is 1. The number of hydrogen-bond acceptors (Lipinski definition) is 5. The summed E-state index contributed by atoms with van der Waals surface area (Å²) in [6.07, 6.45) is 1.21. The van der Waals surface area contributed by atoms with Crippen LogP contribution in [0, 0.1) is 0 Å². The number of hydrogen-bond donors (Lipinski definition) is 2. The monoisotopic (exact) mass is 482 g/mol. The molecule has 0 spiro atoms. The normalized spacial score (nSPS) is 10.7. The van der Waals surface area contributed by atoms with Crippen LogP contribution in [0.25, 0.3) is 22.3 Å². The molecule has 184 valence electrons. The Hall–Kier alpha value is -3.93. The number of aliphatic hydroxyl groups excluding tert-OH is 2. The zero-order valence-corrected chi connectivity index (χ0v) is 20.1. The molecule has 0 aliphatic carbocycles. The summed E-state index contributed by atoms with van der Waals surface area (Å²) in [5.74, 6) is 1.52. The van der Waals surface area contributed by atoms with Crippen LogP contribution in [0.5, 0.6) is 11.5 Å². The molecule has 0 aliphatic rings. The van der Waals surface area contributed by atoms with E-state index < -0.39 is 0 Å². The molecule has 0 saturated heterocycles. The summed E-state index contributed by atoms with van der Waals surface area (Å²) >= 11 is 0. The smallest absolute Gasteiger partial charge is 0.193 e. The van der Waals surface area contributed by atoms with Crippen molar-refractivity contribution in [3.8, 4) is 33.8 Å². The van der Waals surface area contributed by atoms with Crippen molar-refractivity contribution in [1.29, 1.82) is 0 Å². The Morgan fingerprint density at radius 2 is 0.806 bits per heavy atom. The first-order valence-electron chi connectivity index (χ1n) is 12.1. The van der Waals surface area contributed by atoms with Gasteiger partial charge in [-0.2, -0.15) is 0 Å². The van der Waals surface area contributed by atoms with E-state index in [1.54, 1.807) is 0 Å². The maximum absolute atomic E-state index is 13.0. The lowest BCUT2D eigenvalue weighted by Gasteiger charge is -2.08. The topological polar surface area (TPSA) is 76.0 Å². The Bertz CT molecular complexity index is 1130. The van der Waals surface area contributed by atoms with Gasteiger partial charge in [0.05, 0.1) is 13.2 Å². The predicted molar refractivity (Wildman–Crippen MR) is 142 cm³/mol. The Labute approximate surface area is 211 Å². The van der Waals surface area contributed by atoms with Gasteiger partial charge < -0.3 is 19.7 Å². The average molecular weight is 483 g/mol. The molecular formula is C31H30O5. The molecule has 0 aromatic heterocycles. The average Bonchev–Trinajstić information content (AvgIpc) is 2.94. The second kappa shape index (κ2) is 12.7. The lowest BCUT2D eigenvalue weighted by atomic mass is 9.97. The summed E-state index contributed by atoms with van der Waals surface area (Å²) in [4.78, 5) is 13.0. The first kappa shape index (κ1) is 25.2. The number of aliphatic hydroxyl groups is 2. The molecular weight excluding hydrogens is 452 g/mol. The fourth-order valence-corrected chi connectivity index (χ4v) is 3.79. The van der Waals surface area contributed by atoms with Crippen LogP contribution in [0.3, 0.4) is 0 Å². The van der Waals surface area contributed by atoms with Crippen molar-refractivity contribution < 1.29 is 24.5 Å². The van der Waals surface area contributed by atoms with Gasteiger partial charge >= 0.3 is 0 Å². The third-order valence-electron chi connectivity index (χ3n) is 5.81. The second-order valence-corrected chi connectivity index (χ2v) is 8.38. The van der Waals surface area contributed by atoms with Gasteiger partial charge in [0.2, 0.25) is 0 Å². The Morgan fingerprint density at radius 3 is 1.11 bits per heavy atom. The molecule has 0 aliphatic heterocycles. The van der Waals surface area contributed by atoms with E-state index in [-0.39, 0.29) is 19.0 Å². The van der Waals surface area contributed by atoms with Crippen molar-refractivity contribution in [2.75, 3.05) is 26.4 Å². The summed E-state index contributed by atoms with van der Waals surface area (Å²) in [5, 5.41) is 17.7. The Morgan fingerprint density at radius 1 is 0.500 bits per heavy atom. The third-order valence-corrected chi connectivity index (χ3v) is 5.81. The van der Waals surface area contributed by atoms with Crippen molar-refractivity contribution in [3.05, 3.63) is 108 Å². The number of ether oxygens (including phenoxy) is 2. The van der Waals surface area contributed by atoms with Crippen LogP contribution in [0.4, 0.5) is 0 Å². The largest absolute Gasteiger partial charge is 0.494 e. The third kappa shape index (κ3) is 6.60. The first-order chi connectivity index (χ1) is 17.7. The van der Waals surface area contributed by atoms with Crippen LogP contribution in [0.2, 0.25) is 0 Å². The molecule has 2 N–H and O–H groups in total. The summed E-state index contributed by atoms with van der Waals surface area (Å²) < 4.78 is 11.2. The van der Waals surface area contributed by atoms with Crippen LogP contribution in [-0.4, -0.2) is 42.4 Å². The van der Waals surface area contributed by atoms with Crippen molar-refractivity contribution in [3.63, 3.8) is 0 Å². The van der Waals surface area contributed by atoms with Gasteiger partial charge in [0, 0.05) is 37.2 Å². The molecule has 0 unspecified atom stereocenters. The van der Waals surface area contributed by atoms with E-state index in [0.717, 1.165) is 33.8 Å². The Kier molecular flexibility index (Phi) is 8.87. The van der Waals surface area contributed by atoms with Crippen molar-refractivity contribution in [2.24, 2.45) is 0 Å². The predicted octanol–water partition coefficient (Wildman–Crippen LogP) is 5.77. The Balaban J connectivity index is 1.38. The molecule has 0 saturated carbocycles. The van der Waals surface area contributed by atoms with Gasteiger partial charge in [-0.3, -0.25) is 4.79 Å². The molecule has 5 nitrogen and oxygen atoms in total. The fraction of sp³-hybridized carbons (Fsp3) is 0.194. The van der Waals surface area contributed by atoms with E-state index in [2.05, 4.69) is 0 Å². The van der Waals surface area contributed by atoms with Crippen LogP contribution in [-0.2, 0) is 0 Å². The highest BCUT2D eigenvalue weighted by Crippen LogP contribution is 2.26. The molecule has 0 atom stereocenters. The van der Waals surface area contributed by atoms with Crippen LogP contribution < -0.4 is 9.47 Å². The minimum atomic E-state index is -0.0200. The SMILES string of the molecule is O=C(c1ccc(-c2ccc(OCCCO)cc2)cc1)c1ccc(-c2ccc(OCCCO)cc2)cc1. The molecule has 0 bridgehead atoms. The molecule has 36 heavy (non-hydrogen) atoms. The summed E-state index contributed by atoms with van der Waals surface area (Å²) in [7, 11) is 0. The van der Waals surface area contributed by atoms with Crippen molar-refractivity contribution >= 4 is 5.78 Å². The molecule has 4 rings (SSSR count). The highest BCUT2D eigenvalue weighted by Gasteiger charge is 2.10. The molecule has 5 heteroatoms. The van der Waals surface area contributed by atoms with Gasteiger partial charge in [-0.05, 0) is 46.5 Å². The zero-order valence-electron chi connectivity index (χ0n) is 20.1. The highest BCUT2D eigenvalue weighted by molar-refractivity contribution is 6.09. The number of carbonyl (C=O) groups is 1. The van der Waals surface area contributed by atoms with Gasteiger partial charge in [0.25, 0.3) is 0 Å². The van der Waals surface area contributed by atoms with E-state index in [1.165, 1.54) is 0 Å². The fourth-order valence-electron chi connectivity index (χ4n) is 3.79. The minimum Gasteiger partial charge on any atom is -0.494 e. The maximum Gasteiger partial charge on any atom is 0.193 e. The van der Waals surface area contributed by atoms with Gasteiger partial charge in [-0.1, -0.05) is 72.8 Å². The lowest BCUT2D eigenvalue weighted by molar-refractivity contribution is 0.103. The van der Waals surface area contributed by atoms with E-state index in [4.69, 9.17) is 19.7 Å². The number of benzene rings is 4. The molecule has 0 fully saturated rings. The quantitative estimate of drug-likeness (QED) is 0.198. The number of ketones is 1. The van der Waals surface area contributed by atoms with Crippen LogP contribution in [0.1, 0.15) is 28.8 Å². The standard InChI is InChI=1S/C31H30O5/c32-19-1-21-35-29-15-11-25(12-16-29)23-3-7-27(8-4-23)31(34)28-9-5-24(6-10-28)26-13-17-30(18-14-26)36-22-2-20-33/h3-18,32-33H,1-2,19-22H2. The molecule has 0 heterocycles. The zero-order chi connectivity index (χ0) is 25.2. The van der Waals surface area contributed by atoms with Gasteiger partial charge in [-0.15, -0.1) is 0 Å². The highest BCUT2D eigenvalue weighted by atomic mass is 16.5. The van der Waals surface area contributed by atoms with Gasteiger partial charge in [0.1, 0.15) is 11.5 Å². The number of rotatable bonds is 12. The molecule has 4 aromatic rings. The summed E-state index contributed by atoms with van der Waals surface area (Å²) in [5.41, 5.74) is 5.40. The van der Waals surface area contributed by atoms with Crippen LogP contribution in [0.15, 0.2) is 97.1 Å². The van der Waals surface area contributed by atoms with Crippen LogP contribution >= 0.6 is 0 Å². The van der Waals surface area contributed by atoms with E-state index in [1.807, 2.05) is 97.1 Å². The van der Waals surface area contributed by atoms with Crippen molar-refractivity contribution in [1.82, 2.24) is 0 Å². The molecule has 0 radical (unpaired) electrons. The van der Waals surface area contributed by atoms with E-state index in [0.29, 0.717) is 37.2 Å². The van der Waals surface area contributed by atoms with E-state index >= 15 is 0 Å². The summed E-state index contributed by atoms with van der Waals surface area (Å²) in [6.45, 7) is 1.20. The van der Waals surface area contributed by atoms with Gasteiger partial charge in [-0.25, -0.2) is 0 Å². The van der Waals surface area contributed by atoms with Gasteiger partial charge in [0.15, 0.2) is 5.78 Å². The lowest BCUT2D eigenvalue weighted by Crippen LogP contribution is -2.01. The first-order valence-corrected chi connectivity index (χ1v) is 12.1. The van der Waals surface area contributed by atoms with E-state index in [9.17, 15) is 4.79 Å². The maximum atomic E-state index is 13.0.